The van der Waals surface area contributed by atoms with Crippen molar-refractivity contribution in [3.05, 3.63) is 11.3 Å². The highest BCUT2D eigenvalue weighted by molar-refractivity contribution is 6.70. The minimum absolute atomic E-state index is 0.0708. The number of hydrogen-bond donors (Lipinski definition) is 0. The van der Waals surface area contributed by atoms with Gasteiger partial charge in [-0.1, -0.05) is 25.7 Å². The first-order chi connectivity index (χ1) is 10.4. The highest BCUT2D eigenvalue weighted by Crippen LogP contribution is 2.48. The Morgan fingerprint density at radius 3 is 2.00 bits per heavy atom. The molecule has 4 heteroatoms. The Morgan fingerprint density at radius 2 is 1.50 bits per heavy atom. The summed E-state index contributed by atoms with van der Waals surface area (Å²) < 4.78 is 11.8. The van der Waals surface area contributed by atoms with Crippen LogP contribution in [-0.2, 0) is 14.0 Å². The summed E-state index contributed by atoms with van der Waals surface area (Å²) in [6.45, 7) is 6.64. The lowest BCUT2D eigenvalue weighted by atomic mass is 9.70. The van der Waals surface area contributed by atoms with Crippen LogP contribution >= 0.6 is 0 Å². The quantitative estimate of drug-likeness (QED) is 0.406. The van der Waals surface area contributed by atoms with Crippen LogP contribution in [0.1, 0.15) is 64.2 Å². The maximum absolute atomic E-state index is 12.7. The van der Waals surface area contributed by atoms with Gasteiger partial charge in [-0.15, -0.1) is 0 Å². The smallest absolute Gasteiger partial charge is 0.319 e. The highest BCUT2D eigenvalue weighted by Gasteiger charge is 2.47. The van der Waals surface area contributed by atoms with Crippen LogP contribution in [0.5, 0.6) is 0 Å². The molecule has 0 aromatic carbocycles. The van der Waals surface area contributed by atoms with E-state index in [4.69, 9.17) is 9.16 Å². The van der Waals surface area contributed by atoms with Crippen molar-refractivity contribution in [3.63, 3.8) is 0 Å². The van der Waals surface area contributed by atoms with Gasteiger partial charge in [-0.25, -0.2) is 0 Å². The van der Waals surface area contributed by atoms with Gasteiger partial charge >= 0.3 is 5.97 Å². The van der Waals surface area contributed by atoms with Crippen molar-refractivity contribution in [2.24, 2.45) is 5.41 Å². The molecule has 0 spiro atoms. The van der Waals surface area contributed by atoms with Crippen molar-refractivity contribution in [1.82, 2.24) is 0 Å². The van der Waals surface area contributed by atoms with E-state index in [2.05, 4.69) is 19.6 Å². The number of methoxy groups -OCH3 is 1. The average Bonchev–Trinajstić information content (AvgIpc) is 2.52. The summed E-state index contributed by atoms with van der Waals surface area (Å²) in [6.07, 6.45) is 11.1. The molecule has 2 saturated carbocycles. The lowest BCUT2D eigenvalue weighted by Crippen LogP contribution is -2.41. The molecule has 0 aromatic heterocycles. The van der Waals surface area contributed by atoms with E-state index in [9.17, 15) is 4.79 Å². The highest BCUT2D eigenvalue weighted by atomic mass is 28.4. The number of rotatable bonds is 4. The summed E-state index contributed by atoms with van der Waals surface area (Å²) in [5.41, 5.74) is 0.904. The molecule has 2 rings (SSSR count). The zero-order valence-corrected chi connectivity index (χ0v) is 15.8. The Bertz CT molecular complexity index is 420. The van der Waals surface area contributed by atoms with Crippen molar-refractivity contribution >= 4 is 14.3 Å². The molecule has 0 radical (unpaired) electrons. The van der Waals surface area contributed by atoms with E-state index in [0.717, 1.165) is 44.3 Å². The summed E-state index contributed by atoms with van der Waals surface area (Å²) in [4.78, 5) is 12.7. The third-order valence-electron chi connectivity index (χ3n) is 4.90. The maximum Gasteiger partial charge on any atom is 0.319 e. The third kappa shape index (κ3) is 3.95. The van der Waals surface area contributed by atoms with Crippen LogP contribution in [0.4, 0.5) is 0 Å². The second-order valence-corrected chi connectivity index (χ2v) is 12.3. The molecule has 0 N–H and O–H groups in total. The molecular weight excluding hydrogens is 292 g/mol. The molecule has 126 valence electrons. The number of carbonyl (C=O) groups excluding carboxylic acids is 1. The topological polar surface area (TPSA) is 35.5 Å². The van der Waals surface area contributed by atoms with Crippen LogP contribution in [0.2, 0.25) is 19.6 Å². The van der Waals surface area contributed by atoms with Gasteiger partial charge in [0.05, 0.1) is 12.9 Å². The van der Waals surface area contributed by atoms with Gasteiger partial charge in [-0.05, 0) is 63.7 Å². The molecule has 0 atom stereocenters. The number of carbonyl (C=O) groups is 1. The Balaban J connectivity index is 2.45. The largest absolute Gasteiger partial charge is 0.546 e. The van der Waals surface area contributed by atoms with E-state index < -0.39 is 13.7 Å². The average molecular weight is 325 g/mol. The van der Waals surface area contributed by atoms with Gasteiger partial charge in [-0.3, -0.25) is 4.79 Å². The van der Waals surface area contributed by atoms with Gasteiger partial charge < -0.3 is 9.16 Å². The predicted octanol–water partition coefficient (Wildman–Crippen LogP) is 5.18. The van der Waals surface area contributed by atoms with Crippen LogP contribution in [0.25, 0.3) is 0 Å². The minimum atomic E-state index is -1.76. The fourth-order valence-electron chi connectivity index (χ4n) is 3.89. The molecule has 0 amide bonds. The van der Waals surface area contributed by atoms with Crippen LogP contribution in [-0.4, -0.2) is 21.4 Å². The van der Waals surface area contributed by atoms with Crippen LogP contribution in [0, 0.1) is 5.41 Å². The summed E-state index contributed by atoms with van der Waals surface area (Å²) in [7, 11) is -0.235. The van der Waals surface area contributed by atoms with Crippen molar-refractivity contribution in [2.75, 3.05) is 7.11 Å². The van der Waals surface area contributed by atoms with E-state index >= 15 is 0 Å². The van der Waals surface area contributed by atoms with Crippen LogP contribution in [0.15, 0.2) is 11.3 Å². The van der Waals surface area contributed by atoms with Crippen molar-refractivity contribution in [1.29, 1.82) is 0 Å². The standard InChI is InChI=1S/C18H32O3Si/c1-20-17(19)18(13-9-6-10-14-18)16(21-22(2,3)4)15-11-7-5-8-12-15/h5-14H2,1-4H3. The molecule has 22 heavy (non-hydrogen) atoms. The minimum Gasteiger partial charge on any atom is -0.546 e. The molecule has 0 bridgehead atoms. The van der Waals surface area contributed by atoms with Gasteiger partial charge in [0.1, 0.15) is 5.41 Å². The number of esters is 1. The van der Waals surface area contributed by atoms with Crippen molar-refractivity contribution < 1.29 is 14.0 Å². The van der Waals surface area contributed by atoms with Gasteiger partial charge in [0.2, 0.25) is 8.32 Å². The monoisotopic (exact) mass is 324 g/mol. The molecule has 0 saturated heterocycles. The Hall–Kier alpha value is -0.773. The summed E-state index contributed by atoms with van der Waals surface area (Å²) in [5.74, 6) is 0.955. The van der Waals surface area contributed by atoms with E-state index in [1.165, 1.54) is 38.4 Å². The lowest BCUT2D eigenvalue weighted by molar-refractivity contribution is -0.154. The first-order valence-electron chi connectivity index (χ1n) is 8.89. The number of allylic oxidation sites excluding steroid dienone is 1. The van der Waals surface area contributed by atoms with Crippen LogP contribution < -0.4 is 0 Å². The number of hydrogen-bond acceptors (Lipinski definition) is 3. The zero-order valence-electron chi connectivity index (χ0n) is 14.8. The molecule has 2 aliphatic rings. The van der Waals surface area contributed by atoms with E-state index in [-0.39, 0.29) is 5.97 Å². The normalized spacial score (nSPS) is 22.1. The van der Waals surface area contributed by atoms with Gasteiger partial charge in [0.25, 0.3) is 0 Å². The molecule has 0 aromatic rings. The summed E-state index contributed by atoms with van der Waals surface area (Å²) in [5, 5.41) is 0. The van der Waals surface area contributed by atoms with Crippen molar-refractivity contribution in [3.8, 4) is 0 Å². The molecule has 3 nitrogen and oxygen atoms in total. The first kappa shape index (κ1) is 17.6. The van der Waals surface area contributed by atoms with Crippen molar-refractivity contribution in [2.45, 2.75) is 83.8 Å². The van der Waals surface area contributed by atoms with Crippen LogP contribution in [0.3, 0.4) is 0 Å². The second-order valence-electron chi connectivity index (χ2n) is 7.84. The van der Waals surface area contributed by atoms with E-state index in [0.29, 0.717) is 0 Å². The molecule has 0 heterocycles. The Morgan fingerprint density at radius 1 is 0.955 bits per heavy atom. The first-order valence-corrected chi connectivity index (χ1v) is 12.3. The van der Waals surface area contributed by atoms with E-state index in [1.807, 2.05) is 0 Å². The molecule has 2 aliphatic carbocycles. The summed E-state index contributed by atoms with van der Waals surface area (Å²) >= 11 is 0. The fourth-order valence-corrected chi connectivity index (χ4v) is 4.85. The van der Waals surface area contributed by atoms with E-state index in [1.54, 1.807) is 0 Å². The second kappa shape index (κ2) is 7.20. The third-order valence-corrected chi connectivity index (χ3v) is 5.72. The van der Waals surface area contributed by atoms with Gasteiger partial charge in [-0.2, -0.15) is 0 Å². The summed E-state index contributed by atoms with van der Waals surface area (Å²) in [6, 6.07) is 0. The van der Waals surface area contributed by atoms with Gasteiger partial charge in [0, 0.05) is 0 Å². The van der Waals surface area contributed by atoms with Gasteiger partial charge in [0.15, 0.2) is 0 Å². The number of ether oxygens (including phenoxy) is 1. The Labute approximate surface area is 136 Å². The predicted molar refractivity (Wildman–Crippen MR) is 92.1 cm³/mol. The molecule has 0 aliphatic heterocycles. The molecular formula is C18H32O3Si. The molecule has 0 unspecified atom stereocenters. The molecule has 2 fully saturated rings. The lowest BCUT2D eigenvalue weighted by Gasteiger charge is -2.41. The SMILES string of the molecule is COC(=O)C1(C(O[Si](C)(C)C)=C2CCCCC2)CCCCC1. The maximum atomic E-state index is 12.7. The Kier molecular flexibility index (Phi) is 5.75. The zero-order chi connectivity index (χ0) is 16.2. The fraction of sp³-hybridized carbons (Fsp3) is 0.833.